The van der Waals surface area contributed by atoms with Crippen LogP contribution in [-0.4, -0.2) is 27.0 Å². The smallest absolute Gasteiger partial charge is 0.224 e. The first-order valence-electron chi connectivity index (χ1n) is 14.5. The fraction of sp³-hybridized carbons (Fsp3) is 0.531. The number of aryl methyl sites for hydroxylation is 2. The third kappa shape index (κ3) is 4.32. The molecule has 0 spiro atoms. The lowest BCUT2D eigenvalue weighted by Crippen LogP contribution is -2.44. The molecule has 3 N–H and O–H groups in total. The van der Waals surface area contributed by atoms with E-state index in [1.165, 1.54) is 11.1 Å². The topological polar surface area (TPSA) is 95.1 Å². The van der Waals surface area contributed by atoms with Crippen molar-refractivity contribution in [3.63, 3.8) is 0 Å². The summed E-state index contributed by atoms with van der Waals surface area (Å²) in [6, 6.07) is 10.1. The Morgan fingerprint density at radius 3 is 2.95 bits per heavy atom. The summed E-state index contributed by atoms with van der Waals surface area (Å²) in [5.41, 5.74) is 5.25. The van der Waals surface area contributed by atoms with Crippen LogP contribution in [0.2, 0.25) is 0 Å². The van der Waals surface area contributed by atoms with Gasteiger partial charge in [0.15, 0.2) is 0 Å². The maximum atomic E-state index is 13.3. The number of Topliss-reactive ketones (excluding diaryl/α,β-unsaturated/α-hetero) is 1. The fourth-order valence-electron chi connectivity index (χ4n) is 8.21. The molecular formula is C32H39N3O3. The van der Waals surface area contributed by atoms with Crippen LogP contribution in [0.4, 0.5) is 5.69 Å². The molecule has 2 aromatic carbocycles. The minimum atomic E-state index is -0.228. The monoisotopic (exact) mass is 513 g/mol. The molecule has 3 aliphatic rings. The van der Waals surface area contributed by atoms with Crippen molar-refractivity contribution in [1.29, 1.82) is 0 Å². The van der Waals surface area contributed by atoms with Crippen molar-refractivity contribution >= 4 is 28.3 Å². The number of carbonyl (C=O) groups is 2. The van der Waals surface area contributed by atoms with Crippen LogP contribution < -0.4 is 5.32 Å². The van der Waals surface area contributed by atoms with E-state index in [1.807, 2.05) is 24.3 Å². The van der Waals surface area contributed by atoms with E-state index in [0.29, 0.717) is 48.0 Å². The molecule has 0 aliphatic heterocycles. The van der Waals surface area contributed by atoms with E-state index in [-0.39, 0.29) is 11.3 Å². The number of rotatable bonds is 7. The minimum absolute atomic E-state index is 0.0207. The van der Waals surface area contributed by atoms with E-state index in [0.717, 1.165) is 73.5 Å². The average Bonchev–Trinajstić information content (AvgIpc) is 3.46. The second-order valence-corrected chi connectivity index (χ2v) is 12.2. The Hall–Kier alpha value is -3.15. The molecule has 2 fully saturated rings. The summed E-state index contributed by atoms with van der Waals surface area (Å²) >= 11 is 0. The number of nitrogens with zero attached hydrogens (tertiary/aromatic N) is 1. The number of aromatic hydroxyl groups is 1. The van der Waals surface area contributed by atoms with Crippen LogP contribution in [-0.2, 0) is 22.4 Å². The van der Waals surface area contributed by atoms with Crippen molar-refractivity contribution in [2.75, 3.05) is 5.32 Å². The molecule has 3 unspecified atom stereocenters. The number of carbonyl (C=O) groups excluding carboxylic acids is 2. The molecule has 6 heteroatoms. The Morgan fingerprint density at radius 1 is 1.24 bits per heavy atom. The lowest BCUT2D eigenvalue weighted by Gasteiger charge is -2.50. The van der Waals surface area contributed by atoms with Gasteiger partial charge in [0.25, 0.3) is 0 Å². The van der Waals surface area contributed by atoms with Gasteiger partial charge in [-0.2, -0.15) is 5.10 Å². The number of phenols is 1. The predicted molar refractivity (Wildman–Crippen MR) is 149 cm³/mol. The quantitative estimate of drug-likeness (QED) is 0.328. The summed E-state index contributed by atoms with van der Waals surface area (Å²) in [5, 5.41) is 21.6. The molecule has 38 heavy (non-hydrogen) atoms. The zero-order chi connectivity index (χ0) is 26.4. The number of aromatic nitrogens is 2. The highest BCUT2D eigenvalue weighted by molar-refractivity contribution is 5.93. The molecular weight excluding hydrogens is 474 g/mol. The average molecular weight is 514 g/mol. The maximum Gasteiger partial charge on any atom is 0.224 e. The van der Waals surface area contributed by atoms with Crippen LogP contribution in [0, 0.1) is 23.2 Å². The number of H-pyrrole nitrogens is 1. The van der Waals surface area contributed by atoms with Crippen molar-refractivity contribution in [1.82, 2.24) is 10.2 Å². The number of nitrogens with one attached hydrogen (secondary N) is 2. The van der Waals surface area contributed by atoms with Gasteiger partial charge in [-0.05, 0) is 110 Å². The molecule has 200 valence electrons. The summed E-state index contributed by atoms with van der Waals surface area (Å²) in [4.78, 5) is 26.1. The van der Waals surface area contributed by atoms with Crippen LogP contribution in [0.1, 0.15) is 87.8 Å². The summed E-state index contributed by atoms with van der Waals surface area (Å²) in [5.74, 6) is 2.62. The van der Waals surface area contributed by atoms with Gasteiger partial charge >= 0.3 is 0 Å². The zero-order valence-electron chi connectivity index (χ0n) is 22.6. The number of aromatic amines is 1. The van der Waals surface area contributed by atoms with Gasteiger partial charge in [0.1, 0.15) is 11.5 Å². The summed E-state index contributed by atoms with van der Waals surface area (Å²) in [7, 11) is 0. The number of hydrogen-bond donors (Lipinski definition) is 3. The molecule has 6 rings (SSSR count). The van der Waals surface area contributed by atoms with Crippen LogP contribution in [0.5, 0.6) is 5.75 Å². The highest BCUT2D eigenvalue weighted by atomic mass is 16.3. The van der Waals surface area contributed by atoms with Crippen LogP contribution in [0.15, 0.2) is 36.5 Å². The Kier molecular flexibility index (Phi) is 6.53. The van der Waals surface area contributed by atoms with Gasteiger partial charge in [0, 0.05) is 29.3 Å². The lowest BCUT2D eigenvalue weighted by molar-refractivity contribution is -0.129. The molecule has 0 bridgehead atoms. The molecule has 1 heterocycles. The number of benzene rings is 2. The predicted octanol–water partition coefficient (Wildman–Crippen LogP) is 6.68. The molecule has 5 atom stereocenters. The second kappa shape index (κ2) is 9.87. The molecule has 3 aliphatic carbocycles. The van der Waals surface area contributed by atoms with Gasteiger partial charge in [-0.25, -0.2) is 0 Å². The standard InChI is InChI=1S/C32H39N3O3/c1-3-5-20-14-26-19(15-28(20)36)9-11-25-24(26)12-13-32(2)29(37)16-21(31(25)32)6-4-7-30(38)34-23-10-8-22-18-33-35-27(22)17-23/h8,10,14-15,17-18,21,24-25,31,36H,3-7,9,11-13,16H2,1-2H3,(H,33,35)(H,34,38)/t21-,24?,25?,31?,32-/m1/s1. The molecule has 1 amide bonds. The highest BCUT2D eigenvalue weighted by Crippen LogP contribution is 2.62. The summed E-state index contributed by atoms with van der Waals surface area (Å²) in [6.07, 6.45) is 10.6. The van der Waals surface area contributed by atoms with Gasteiger partial charge in [-0.15, -0.1) is 0 Å². The first-order valence-corrected chi connectivity index (χ1v) is 14.5. The van der Waals surface area contributed by atoms with Crippen molar-refractivity contribution in [2.45, 2.75) is 84.0 Å². The largest absolute Gasteiger partial charge is 0.508 e. The number of amides is 1. The molecule has 0 radical (unpaired) electrons. The van der Waals surface area contributed by atoms with E-state index in [4.69, 9.17) is 0 Å². The SMILES string of the molecule is CCCc1cc2c(cc1O)CCC1C2CC[C@]2(C)C(=O)C[C@@H](CCCC(=O)Nc3ccc4cn[nH]c4c3)C12. The van der Waals surface area contributed by atoms with Crippen LogP contribution in [0.3, 0.4) is 0 Å². The van der Waals surface area contributed by atoms with E-state index < -0.39 is 0 Å². The molecule has 1 aromatic heterocycles. The lowest BCUT2D eigenvalue weighted by atomic mass is 9.54. The Balaban J connectivity index is 1.14. The minimum Gasteiger partial charge on any atom is -0.508 e. The van der Waals surface area contributed by atoms with E-state index in [1.54, 1.807) is 6.20 Å². The van der Waals surface area contributed by atoms with Crippen LogP contribution in [0.25, 0.3) is 10.9 Å². The number of phenolic OH excluding ortho intramolecular Hbond substituents is 1. The second-order valence-electron chi connectivity index (χ2n) is 12.2. The van der Waals surface area contributed by atoms with Crippen molar-refractivity contribution < 1.29 is 14.7 Å². The molecule has 6 nitrogen and oxygen atoms in total. The van der Waals surface area contributed by atoms with Gasteiger partial charge in [0.05, 0.1) is 11.7 Å². The van der Waals surface area contributed by atoms with Crippen molar-refractivity contribution in [2.24, 2.45) is 23.2 Å². The normalized spacial score (nSPS) is 28.1. The van der Waals surface area contributed by atoms with E-state index in [2.05, 4.69) is 35.4 Å². The Labute approximate surface area is 224 Å². The maximum absolute atomic E-state index is 13.3. The number of ketones is 1. The van der Waals surface area contributed by atoms with Gasteiger partial charge in [0.2, 0.25) is 5.91 Å². The highest BCUT2D eigenvalue weighted by Gasteiger charge is 2.58. The number of hydrogen-bond acceptors (Lipinski definition) is 4. The molecule has 2 saturated carbocycles. The third-order valence-corrected chi connectivity index (χ3v) is 9.99. The Bertz CT molecular complexity index is 1380. The first-order chi connectivity index (χ1) is 18.4. The van der Waals surface area contributed by atoms with Crippen molar-refractivity contribution in [3.05, 3.63) is 53.2 Å². The van der Waals surface area contributed by atoms with E-state index in [9.17, 15) is 14.7 Å². The van der Waals surface area contributed by atoms with Crippen molar-refractivity contribution in [3.8, 4) is 5.75 Å². The summed E-state index contributed by atoms with van der Waals surface area (Å²) < 4.78 is 0. The number of fused-ring (bicyclic) bond motifs is 6. The zero-order valence-corrected chi connectivity index (χ0v) is 22.6. The van der Waals surface area contributed by atoms with Gasteiger partial charge < -0.3 is 10.4 Å². The summed E-state index contributed by atoms with van der Waals surface area (Å²) in [6.45, 7) is 4.38. The molecule has 3 aromatic rings. The van der Waals surface area contributed by atoms with Gasteiger partial charge in [-0.1, -0.05) is 26.3 Å². The Morgan fingerprint density at radius 2 is 2.11 bits per heavy atom. The number of anilines is 1. The van der Waals surface area contributed by atoms with Gasteiger partial charge in [-0.3, -0.25) is 14.7 Å². The van der Waals surface area contributed by atoms with Crippen LogP contribution >= 0.6 is 0 Å². The fourth-order valence-corrected chi connectivity index (χ4v) is 8.21. The molecule has 0 saturated heterocycles. The first kappa shape index (κ1) is 25.1. The third-order valence-electron chi connectivity index (χ3n) is 9.99. The van der Waals surface area contributed by atoms with E-state index >= 15 is 0 Å².